The van der Waals surface area contributed by atoms with E-state index in [1.165, 1.54) is 30.5 Å². The molecule has 6 rings (SSSR count). The lowest BCUT2D eigenvalue weighted by atomic mass is 10.0. The molecule has 0 saturated carbocycles. The molecule has 13 heteroatoms. The minimum absolute atomic E-state index is 0.00775. The van der Waals surface area contributed by atoms with Gasteiger partial charge in [0.15, 0.2) is 28.6 Å². The molecule has 0 fully saturated rings. The highest BCUT2D eigenvalue weighted by atomic mass is 16.4. The molecule has 218 valence electrons. The van der Waals surface area contributed by atoms with Crippen molar-refractivity contribution in [2.75, 3.05) is 0 Å². The Morgan fingerprint density at radius 3 is 1.84 bits per heavy atom. The standard InChI is InChI=1S/C15H10O8.C15H10O5/c16-6-2-1-5(3-7(6)17)14-13(22)12(21)10-8(18)4-9(19)11(20)15(10)23-14;16-9-3-1-8(2-4-9)11-7-20-13-6-10(17)5-12(18)14(13)15(11)19/h1-4,16-20,22H;1-7,16-18H. The van der Waals surface area contributed by atoms with Crippen molar-refractivity contribution >= 4 is 21.9 Å². The molecule has 0 atom stereocenters. The third-order valence-corrected chi connectivity index (χ3v) is 6.33. The van der Waals surface area contributed by atoms with Gasteiger partial charge in [-0.2, -0.15) is 0 Å². The monoisotopic (exact) mass is 588 g/mol. The molecule has 0 aliphatic rings. The molecule has 4 aromatic carbocycles. The zero-order valence-corrected chi connectivity index (χ0v) is 21.5. The minimum atomic E-state index is -1.04. The summed E-state index contributed by atoms with van der Waals surface area (Å²) in [6.45, 7) is 0. The summed E-state index contributed by atoms with van der Waals surface area (Å²) in [6.07, 6.45) is 1.26. The van der Waals surface area contributed by atoms with E-state index in [2.05, 4.69) is 0 Å². The second-order valence-electron chi connectivity index (χ2n) is 9.14. The molecule has 0 bridgehead atoms. The Hall–Kier alpha value is -6.50. The first kappa shape index (κ1) is 28.0. The maximum Gasteiger partial charge on any atom is 0.238 e. The van der Waals surface area contributed by atoms with Crippen LogP contribution in [-0.4, -0.2) is 46.0 Å². The van der Waals surface area contributed by atoms with Gasteiger partial charge in [0.2, 0.25) is 22.4 Å². The van der Waals surface area contributed by atoms with E-state index in [9.17, 15) is 55.5 Å². The molecule has 0 unspecified atom stereocenters. The molecule has 13 nitrogen and oxygen atoms in total. The van der Waals surface area contributed by atoms with E-state index in [-0.39, 0.29) is 39.3 Å². The summed E-state index contributed by atoms with van der Waals surface area (Å²) in [5, 5.41) is 85.7. The van der Waals surface area contributed by atoms with Gasteiger partial charge in [0.05, 0.1) is 5.56 Å². The lowest BCUT2D eigenvalue weighted by molar-refractivity contribution is 0.390. The molecule has 0 spiro atoms. The Labute approximate surface area is 238 Å². The van der Waals surface area contributed by atoms with Crippen LogP contribution in [0, 0.1) is 0 Å². The van der Waals surface area contributed by atoms with E-state index in [0.717, 1.165) is 24.3 Å². The van der Waals surface area contributed by atoms with Crippen molar-refractivity contribution in [1.29, 1.82) is 0 Å². The molecule has 9 N–H and O–H groups in total. The van der Waals surface area contributed by atoms with Gasteiger partial charge in [-0.15, -0.1) is 0 Å². The highest BCUT2D eigenvalue weighted by Gasteiger charge is 2.23. The average Bonchev–Trinajstić information content (AvgIpc) is 2.95. The predicted octanol–water partition coefficient (Wildman–Crippen LogP) is 4.27. The molecule has 6 aromatic rings. The number of benzene rings is 4. The smallest absolute Gasteiger partial charge is 0.238 e. The summed E-state index contributed by atoms with van der Waals surface area (Å²) >= 11 is 0. The second kappa shape index (κ2) is 10.5. The lowest BCUT2D eigenvalue weighted by Gasteiger charge is -2.09. The Kier molecular flexibility index (Phi) is 6.83. The van der Waals surface area contributed by atoms with Gasteiger partial charge in [-0.05, 0) is 35.9 Å². The first-order valence-corrected chi connectivity index (χ1v) is 12.1. The zero-order chi connectivity index (χ0) is 31.2. The molecule has 2 heterocycles. The van der Waals surface area contributed by atoms with Gasteiger partial charge in [0, 0.05) is 23.8 Å². The van der Waals surface area contributed by atoms with Gasteiger partial charge in [-0.25, -0.2) is 0 Å². The molecule has 43 heavy (non-hydrogen) atoms. The van der Waals surface area contributed by atoms with E-state index in [0.29, 0.717) is 5.56 Å². The Morgan fingerprint density at radius 2 is 1.16 bits per heavy atom. The second-order valence-corrected chi connectivity index (χ2v) is 9.14. The van der Waals surface area contributed by atoms with Crippen LogP contribution in [0.15, 0.2) is 85.4 Å². The summed E-state index contributed by atoms with van der Waals surface area (Å²) < 4.78 is 10.5. The molecule has 0 radical (unpaired) electrons. The fourth-order valence-electron chi connectivity index (χ4n) is 4.23. The molecule has 0 saturated heterocycles. The summed E-state index contributed by atoms with van der Waals surface area (Å²) in [7, 11) is 0. The SMILES string of the molecule is O=c1c(-c2ccc(O)cc2)coc2cc(O)cc(O)c12.O=c1c(O)c(-c2ccc(O)c(O)c2)oc2c(O)c(O)cc(O)c12. The van der Waals surface area contributed by atoms with Crippen molar-refractivity contribution in [2.24, 2.45) is 0 Å². The van der Waals surface area contributed by atoms with E-state index >= 15 is 0 Å². The molecule has 0 amide bonds. The fourth-order valence-corrected chi connectivity index (χ4v) is 4.23. The maximum absolute atomic E-state index is 12.4. The number of phenols is 8. The number of hydrogen-bond donors (Lipinski definition) is 9. The zero-order valence-electron chi connectivity index (χ0n) is 21.5. The first-order chi connectivity index (χ1) is 20.4. The van der Waals surface area contributed by atoms with Crippen LogP contribution < -0.4 is 10.9 Å². The Bertz CT molecular complexity index is 2160. The van der Waals surface area contributed by atoms with Gasteiger partial charge in [-0.3, -0.25) is 9.59 Å². The number of aromatic hydroxyl groups is 9. The molecule has 2 aromatic heterocycles. The summed E-state index contributed by atoms with van der Waals surface area (Å²) in [4.78, 5) is 24.6. The third-order valence-electron chi connectivity index (χ3n) is 6.33. The Balaban J connectivity index is 0.000000173. The highest BCUT2D eigenvalue weighted by Crippen LogP contribution is 2.42. The van der Waals surface area contributed by atoms with Crippen LogP contribution in [0.25, 0.3) is 44.4 Å². The topological polar surface area (TPSA) is 242 Å². The van der Waals surface area contributed by atoms with Crippen molar-refractivity contribution in [3.05, 3.63) is 87.4 Å². The number of hydrogen-bond acceptors (Lipinski definition) is 13. The minimum Gasteiger partial charge on any atom is -0.508 e. The summed E-state index contributed by atoms with van der Waals surface area (Å²) in [5.41, 5.74) is -1.03. The lowest BCUT2D eigenvalue weighted by Crippen LogP contribution is -2.04. The van der Waals surface area contributed by atoms with Crippen molar-refractivity contribution in [1.82, 2.24) is 0 Å². The molecule has 0 aliphatic carbocycles. The van der Waals surface area contributed by atoms with Crippen LogP contribution in [0.1, 0.15) is 0 Å². The Morgan fingerprint density at radius 1 is 0.512 bits per heavy atom. The van der Waals surface area contributed by atoms with Crippen LogP contribution in [0.3, 0.4) is 0 Å². The molecular formula is C30H20O13. The van der Waals surface area contributed by atoms with Gasteiger partial charge in [0.1, 0.15) is 45.6 Å². The van der Waals surface area contributed by atoms with Gasteiger partial charge >= 0.3 is 0 Å². The van der Waals surface area contributed by atoms with Crippen LogP contribution in [0.5, 0.6) is 51.7 Å². The normalized spacial score (nSPS) is 10.9. The van der Waals surface area contributed by atoms with Crippen molar-refractivity contribution in [2.45, 2.75) is 0 Å². The molecule has 0 aliphatic heterocycles. The summed E-state index contributed by atoms with van der Waals surface area (Å²) in [6, 6.07) is 12.5. The number of fused-ring (bicyclic) bond motifs is 2. The van der Waals surface area contributed by atoms with E-state index < -0.39 is 62.1 Å². The highest BCUT2D eigenvalue weighted by molar-refractivity contribution is 5.93. The summed E-state index contributed by atoms with van der Waals surface area (Å²) in [5.74, 6) is -4.86. The third kappa shape index (κ3) is 4.97. The van der Waals surface area contributed by atoms with Crippen LogP contribution in [0.2, 0.25) is 0 Å². The largest absolute Gasteiger partial charge is 0.508 e. The predicted molar refractivity (Wildman–Crippen MR) is 151 cm³/mol. The van der Waals surface area contributed by atoms with Crippen molar-refractivity contribution in [3.63, 3.8) is 0 Å². The van der Waals surface area contributed by atoms with Gasteiger partial charge in [0.25, 0.3) is 0 Å². The van der Waals surface area contributed by atoms with Crippen LogP contribution in [0.4, 0.5) is 0 Å². The van der Waals surface area contributed by atoms with Crippen molar-refractivity contribution < 1.29 is 54.8 Å². The number of phenolic OH excluding ortho intramolecular Hbond substituents is 8. The van der Waals surface area contributed by atoms with Gasteiger partial charge in [-0.1, -0.05) is 12.1 Å². The van der Waals surface area contributed by atoms with Crippen LogP contribution >= 0.6 is 0 Å². The van der Waals surface area contributed by atoms with E-state index in [1.807, 2.05) is 0 Å². The maximum atomic E-state index is 12.4. The molecular weight excluding hydrogens is 568 g/mol. The van der Waals surface area contributed by atoms with Crippen LogP contribution in [-0.2, 0) is 0 Å². The first-order valence-electron chi connectivity index (χ1n) is 12.1. The van der Waals surface area contributed by atoms with Crippen molar-refractivity contribution in [3.8, 4) is 74.2 Å². The van der Waals surface area contributed by atoms with E-state index in [1.54, 1.807) is 12.1 Å². The fraction of sp³-hybridized carbons (Fsp3) is 0. The number of rotatable bonds is 2. The van der Waals surface area contributed by atoms with Gasteiger partial charge < -0.3 is 54.8 Å². The quantitative estimate of drug-likeness (QED) is 0.101. The average molecular weight is 588 g/mol. The van der Waals surface area contributed by atoms with E-state index in [4.69, 9.17) is 8.83 Å².